The largest absolute Gasteiger partial charge is 0.378 e. The normalized spacial score (nSPS) is 18.8. The summed E-state index contributed by atoms with van der Waals surface area (Å²) in [6, 6.07) is 6.21. The standard InChI is InChI=1S/C17H20N2O2/c20-17-13-3-1-2-4-15(13)18-16-6-5-12(11-14(16)17)19-7-9-21-10-8-19/h5-6,11H,1-4,7-10H2,(H,18,20). The van der Waals surface area contributed by atoms with Gasteiger partial charge in [0.1, 0.15) is 0 Å². The molecule has 1 fully saturated rings. The van der Waals surface area contributed by atoms with Gasteiger partial charge < -0.3 is 14.6 Å². The molecule has 0 spiro atoms. The van der Waals surface area contributed by atoms with E-state index in [4.69, 9.17) is 4.74 Å². The van der Waals surface area contributed by atoms with E-state index >= 15 is 0 Å². The number of anilines is 1. The number of pyridine rings is 1. The third-order valence-electron chi connectivity index (χ3n) is 4.65. The molecular weight excluding hydrogens is 264 g/mol. The Balaban J connectivity index is 1.83. The molecule has 1 N–H and O–H groups in total. The third-order valence-corrected chi connectivity index (χ3v) is 4.65. The van der Waals surface area contributed by atoms with Crippen LogP contribution in [0.1, 0.15) is 24.1 Å². The van der Waals surface area contributed by atoms with Crippen LogP contribution in [-0.4, -0.2) is 31.3 Å². The molecule has 0 amide bonds. The maximum Gasteiger partial charge on any atom is 0.192 e. The fourth-order valence-electron chi connectivity index (χ4n) is 3.47. The van der Waals surface area contributed by atoms with E-state index in [1.54, 1.807) is 0 Å². The van der Waals surface area contributed by atoms with Gasteiger partial charge in [-0.25, -0.2) is 0 Å². The number of H-pyrrole nitrogens is 1. The molecule has 1 aliphatic heterocycles. The number of ether oxygens (including phenoxy) is 1. The number of hydrogen-bond donors (Lipinski definition) is 1. The molecular formula is C17H20N2O2. The van der Waals surface area contributed by atoms with Crippen LogP contribution in [0.3, 0.4) is 0 Å². The van der Waals surface area contributed by atoms with Crippen LogP contribution in [0, 0.1) is 0 Å². The Morgan fingerprint density at radius 1 is 1.10 bits per heavy atom. The van der Waals surface area contributed by atoms with Gasteiger partial charge >= 0.3 is 0 Å². The fourth-order valence-corrected chi connectivity index (χ4v) is 3.47. The maximum atomic E-state index is 12.7. The van der Waals surface area contributed by atoms with E-state index in [9.17, 15) is 4.79 Å². The summed E-state index contributed by atoms with van der Waals surface area (Å²) in [5.74, 6) is 0. The van der Waals surface area contributed by atoms with Crippen LogP contribution in [0.15, 0.2) is 23.0 Å². The Bertz CT molecular complexity index is 729. The van der Waals surface area contributed by atoms with Crippen molar-refractivity contribution in [3.8, 4) is 0 Å². The number of nitrogens with zero attached hydrogens (tertiary/aromatic N) is 1. The predicted molar refractivity (Wildman–Crippen MR) is 84.2 cm³/mol. The molecule has 1 aromatic carbocycles. The molecule has 110 valence electrons. The zero-order chi connectivity index (χ0) is 14.2. The molecule has 1 aromatic heterocycles. The summed E-state index contributed by atoms with van der Waals surface area (Å²) in [4.78, 5) is 18.5. The first-order valence-corrected chi connectivity index (χ1v) is 7.83. The second-order valence-electron chi connectivity index (χ2n) is 5.95. The Kier molecular flexibility index (Phi) is 3.19. The number of aromatic amines is 1. The minimum absolute atomic E-state index is 0.230. The topological polar surface area (TPSA) is 45.3 Å². The summed E-state index contributed by atoms with van der Waals surface area (Å²) >= 11 is 0. The van der Waals surface area contributed by atoms with Crippen LogP contribution in [0.5, 0.6) is 0 Å². The fraction of sp³-hybridized carbons (Fsp3) is 0.471. The summed E-state index contributed by atoms with van der Waals surface area (Å²) in [7, 11) is 0. The maximum absolute atomic E-state index is 12.7. The van der Waals surface area contributed by atoms with E-state index in [-0.39, 0.29) is 5.43 Å². The lowest BCUT2D eigenvalue weighted by molar-refractivity contribution is 0.122. The summed E-state index contributed by atoms with van der Waals surface area (Å²) in [6.07, 6.45) is 4.24. The van der Waals surface area contributed by atoms with Crippen molar-refractivity contribution in [3.63, 3.8) is 0 Å². The number of hydrogen-bond acceptors (Lipinski definition) is 3. The number of aryl methyl sites for hydroxylation is 1. The molecule has 2 aromatic rings. The van der Waals surface area contributed by atoms with E-state index in [0.717, 1.165) is 73.4 Å². The van der Waals surface area contributed by atoms with Gasteiger partial charge in [-0.2, -0.15) is 0 Å². The van der Waals surface area contributed by atoms with Gasteiger partial charge in [0.05, 0.1) is 13.2 Å². The number of aromatic nitrogens is 1. The lowest BCUT2D eigenvalue weighted by Crippen LogP contribution is -2.36. The molecule has 2 heterocycles. The second-order valence-corrected chi connectivity index (χ2v) is 5.95. The first-order chi connectivity index (χ1) is 10.3. The molecule has 0 unspecified atom stereocenters. The summed E-state index contributed by atoms with van der Waals surface area (Å²) in [5, 5.41) is 0.833. The van der Waals surface area contributed by atoms with Crippen LogP contribution in [0.25, 0.3) is 10.9 Å². The number of morpholine rings is 1. The van der Waals surface area contributed by atoms with Crippen LogP contribution in [-0.2, 0) is 17.6 Å². The summed E-state index contributed by atoms with van der Waals surface area (Å²) in [5.41, 5.74) is 4.49. The number of nitrogens with one attached hydrogen (secondary N) is 1. The van der Waals surface area contributed by atoms with Gasteiger partial charge in [0, 0.05) is 40.9 Å². The van der Waals surface area contributed by atoms with E-state index in [0.29, 0.717) is 0 Å². The van der Waals surface area contributed by atoms with Crippen LogP contribution in [0.2, 0.25) is 0 Å². The minimum Gasteiger partial charge on any atom is -0.378 e. The van der Waals surface area contributed by atoms with Crippen molar-refractivity contribution in [1.82, 2.24) is 4.98 Å². The highest BCUT2D eigenvalue weighted by atomic mass is 16.5. The zero-order valence-corrected chi connectivity index (χ0v) is 12.2. The van der Waals surface area contributed by atoms with E-state index in [2.05, 4.69) is 22.0 Å². The highest BCUT2D eigenvalue weighted by Gasteiger charge is 2.17. The highest BCUT2D eigenvalue weighted by molar-refractivity contribution is 5.83. The van der Waals surface area contributed by atoms with Crippen LogP contribution < -0.4 is 10.3 Å². The van der Waals surface area contributed by atoms with Crippen molar-refractivity contribution in [3.05, 3.63) is 39.7 Å². The number of benzene rings is 1. The lowest BCUT2D eigenvalue weighted by Gasteiger charge is -2.29. The first kappa shape index (κ1) is 12.9. The highest BCUT2D eigenvalue weighted by Crippen LogP contribution is 2.24. The molecule has 0 saturated carbocycles. The second kappa shape index (κ2) is 5.19. The van der Waals surface area contributed by atoms with Gasteiger partial charge in [-0.05, 0) is 43.9 Å². The van der Waals surface area contributed by atoms with Crippen molar-refractivity contribution < 1.29 is 4.74 Å². The molecule has 1 aliphatic carbocycles. The minimum atomic E-state index is 0.230. The Labute approximate surface area is 123 Å². The van der Waals surface area contributed by atoms with Gasteiger partial charge in [-0.15, -0.1) is 0 Å². The van der Waals surface area contributed by atoms with E-state index in [1.807, 2.05) is 6.07 Å². The van der Waals surface area contributed by atoms with Crippen molar-refractivity contribution in [1.29, 1.82) is 0 Å². The molecule has 2 aliphatic rings. The Hall–Kier alpha value is -1.81. The van der Waals surface area contributed by atoms with Gasteiger partial charge in [-0.1, -0.05) is 0 Å². The molecule has 0 radical (unpaired) electrons. The van der Waals surface area contributed by atoms with Gasteiger partial charge in [0.25, 0.3) is 0 Å². The van der Waals surface area contributed by atoms with Crippen molar-refractivity contribution in [2.75, 3.05) is 31.2 Å². The van der Waals surface area contributed by atoms with Crippen molar-refractivity contribution in [2.24, 2.45) is 0 Å². The summed E-state index contributed by atoms with van der Waals surface area (Å²) < 4.78 is 5.40. The molecule has 21 heavy (non-hydrogen) atoms. The molecule has 0 atom stereocenters. The molecule has 4 rings (SSSR count). The van der Waals surface area contributed by atoms with Gasteiger partial charge in [0.2, 0.25) is 0 Å². The summed E-state index contributed by atoms with van der Waals surface area (Å²) in [6.45, 7) is 3.32. The lowest BCUT2D eigenvalue weighted by atomic mass is 9.94. The average Bonchev–Trinajstić information content (AvgIpc) is 2.56. The monoisotopic (exact) mass is 284 g/mol. The molecule has 1 saturated heterocycles. The Morgan fingerprint density at radius 2 is 1.90 bits per heavy atom. The predicted octanol–water partition coefficient (Wildman–Crippen LogP) is 2.24. The zero-order valence-electron chi connectivity index (χ0n) is 12.2. The van der Waals surface area contributed by atoms with Crippen molar-refractivity contribution in [2.45, 2.75) is 25.7 Å². The Morgan fingerprint density at radius 3 is 2.76 bits per heavy atom. The molecule has 0 bridgehead atoms. The van der Waals surface area contributed by atoms with Crippen LogP contribution >= 0.6 is 0 Å². The van der Waals surface area contributed by atoms with E-state index in [1.165, 1.54) is 6.42 Å². The average molecular weight is 284 g/mol. The van der Waals surface area contributed by atoms with Gasteiger partial charge in [-0.3, -0.25) is 4.79 Å². The molecule has 4 nitrogen and oxygen atoms in total. The van der Waals surface area contributed by atoms with Gasteiger partial charge in [0.15, 0.2) is 5.43 Å². The SMILES string of the molecule is O=c1c2c([nH]c3ccc(N4CCOCC4)cc13)CCCC2. The van der Waals surface area contributed by atoms with E-state index < -0.39 is 0 Å². The number of rotatable bonds is 1. The quantitative estimate of drug-likeness (QED) is 0.873. The van der Waals surface area contributed by atoms with Crippen molar-refractivity contribution >= 4 is 16.6 Å². The smallest absolute Gasteiger partial charge is 0.192 e. The third kappa shape index (κ3) is 2.23. The molecule has 4 heteroatoms. The van der Waals surface area contributed by atoms with Crippen LogP contribution in [0.4, 0.5) is 5.69 Å². The number of fused-ring (bicyclic) bond motifs is 2. The first-order valence-electron chi connectivity index (χ1n) is 7.83.